The minimum atomic E-state index is -4.78. The minimum absolute atomic E-state index is 0.0702. The van der Waals surface area contributed by atoms with E-state index >= 15 is 0 Å². The summed E-state index contributed by atoms with van der Waals surface area (Å²) < 4.78 is 39.2. The summed E-state index contributed by atoms with van der Waals surface area (Å²) >= 11 is 0. The van der Waals surface area contributed by atoms with Gasteiger partial charge in [0.15, 0.2) is 6.10 Å². The average molecular weight is 999 g/mol. The molecule has 2 N–H and O–H groups in total. The van der Waals surface area contributed by atoms with E-state index in [2.05, 4.69) is 106 Å². The first-order chi connectivity index (χ1) is 34.2. The number of carbonyl (C=O) groups excluding carboxylic acids is 3. The third kappa shape index (κ3) is 49.1. The molecule has 398 valence electrons. The minimum Gasteiger partial charge on any atom is -0.462 e. The Kier molecular flexibility index (Phi) is 48.7. The molecule has 11 nitrogen and oxygen atoms in total. The second-order valence-electron chi connectivity index (χ2n) is 17.3. The van der Waals surface area contributed by atoms with Gasteiger partial charge in [0.05, 0.1) is 19.8 Å². The molecule has 0 saturated heterocycles. The first-order valence-corrected chi connectivity index (χ1v) is 28.3. The zero-order valence-corrected chi connectivity index (χ0v) is 44.6. The van der Waals surface area contributed by atoms with E-state index < -0.39 is 64.4 Å². The molecule has 0 saturated carbocycles. The van der Waals surface area contributed by atoms with Crippen LogP contribution in [0.3, 0.4) is 0 Å². The first kappa shape index (κ1) is 66.1. The van der Waals surface area contributed by atoms with E-state index in [1.54, 1.807) is 0 Å². The van der Waals surface area contributed by atoms with Crippen molar-refractivity contribution >= 4 is 25.7 Å². The Labute approximate surface area is 425 Å². The van der Waals surface area contributed by atoms with Crippen LogP contribution >= 0.6 is 7.82 Å². The molecule has 0 aromatic carbocycles. The number of ether oxygens (including phenoxy) is 3. The van der Waals surface area contributed by atoms with E-state index in [9.17, 15) is 28.9 Å². The molecule has 3 atom stereocenters. The van der Waals surface area contributed by atoms with Crippen LogP contribution < -0.4 is 0 Å². The van der Waals surface area contributed by atoms with Crippen LogP contribution in [0.5, 0.6) is 0 Å². The van der Waals surface area contributed by atoms with Gasteiger partial charge in [-0.05, 0) is 83.5 Å². The molecule has 0 bridgehead atoms. The summed E-state index contributed by atoms with van der Waals surface area (Å²) in [5.41, 5.74) is 0. The van der Waals surface area contributed by atoms with Gasteiger partial charge < -0.3 is 24.2 Å². The third-order valence-electron chi connectivity index (χ3n) is 10.7. The maximum absolute atomic E-state index is 12.9. The zero-order valence-electron chi connectivity index (χ0n) is 43.7. The number of unbranched alkanes of at least 4 members (excludes halogenated alkanes) is 13. The predicted molar refractivity (Wildman–Crippen MR) is 288 cm³/mol. The standard InChI is InChI=1S/C58H95O11P/c1-4-7-10-13-16-19-22-25-26-27-28-31-34-37-40-43-46-49-58(62)69-55(51-65-56(60)47-44-41-38-35-32-29-23-20-17-14-11-8-5-2)53-67-70(63,64)66-52-54(50-59)68-57(61)48-45-42-39-36-33-30-24-21-18-15-12-9-6-3/h7-8,10-11,16-17,19-20,25-26,28-29,31-32,37-38,40-41,54-55,59H,4-6,9,12-15,18,21-24,27,30,33-36,39,42-53H2,1-3H3,(H,63,64)/b10-7-,11-8-,19-16-,20-17-,26-25-,31-28-,32-29-,40-37-,41-38-. The largest absolute Gasteiger partial charge is 0.472 e. The number of hydrogen-bond donors (Lipinski definition) is 2. The lowest BCUT2D eigenvalue weighted by molar-refractivity contribution is -0.161. The van der Waals surface area contributed by atoms with E-state index in [-0.39, 0.29) is 19.3 Å². The number of rotatable bonds is 48. The average Bonchev–Trinajstić information content (AvgIpc) is 3.35. The van der Waals surface area contributed by atoms with Crippen LogP contribution in [0.4, 0.5) is 0 Å². The monoisotopic (exact) mass is 999 g/mol. The molecular formula is C58H95O11P. The molecule has 0 rings (SSSR count). The highest BCUT2D eigenvalue weighted by Gasteiger charge is 2.28. The Morgan fingerprint density at radius 1 is 0.414 bits per heavy atom. The van der Waals surface area contributed by atoms with Crippen molar-refractivity contribution < 1.29 is 52.2 Å². The predicted octanol–water partition coefficient (Wildman–Crippen LogP) is 15.5. The van der Waals surface area contributed by atoms with Crippen LogP contribution in [0.25, 0.3) is 0 Å². The maximum atomic E-state index is 12.9. The summed E-state index contributed by atoms with van der Waals surface area (Å²) in [6.07, 6.45) is 60.8. The fraction of sp³-hybridized carbons (Fsp3) is 0.638. The van der Waals surface area contributed by atoms with E-state index in [4.69, 9.17) is 23.3 Å². The van der Waals surface area contributed by atoms with Crippen molar-refractivity contribution in [2.24, 2.45) is 0 Å². The zero-order chi connectivity index (χ0) is 51.3. The van der Waals surface area contributed by atoms with Gasteiger partial charge in [-0.3, -0.25) is 23.4 Å². The molecule has 70 heavy (non-hydrogen) atoms. The topological polar surface area (TPSA) is 155 Å². The van der Waals surface area contributed by atoms with Crippen LogP contribution in [0, 0.1) is 0 Å². The first-order valence-electron chi connectivity index (χ1n) is 26.8. The number of allylic oxidation sites excluding steroid dienone is 18. The quantitative estimate of drug-likeness (QED) is 0.0197. The molecule has 0 heterocycles. The Balaban J connectivity index is 4.91. The maximum Gasteiger partial charge on any atom is 0.472 e. The van der Waals surface area contributed by atoms with Crippen LogP contribution in [0.1, 0.15) is 201 Å². The number of aliphatic hydroxyl groups is 1. The number of aliphatic hydroxyl groups excluding tert-OH is 1. The lowest BCUT2D eigenvalue weighted by Crippen LogP contribution is -2.30. The second kappa shape index (κ2) is 51.5. The van der Waals surface area contributed by atoms with Crippen molar-refractivity contribution in [3.8, 4) is 0 Å². The van der Waals surface area contributed by atoms with E-state index in [0.717, 1.165) is 77.0 Å². The number of hydrogen-bond acceptors (Lipinski definition) is 10. The van der Waals surface area contributed by atoms with Crippen LogP contribution in [0.15, 0.2) is 109 Å². The Bertz CT molecular complexity index is 1590. The molecule has 3 unspecified atom stereocenters. The van der Waals surface area contributed by atoms with Gasteiger partial charge in [-0.1, -0.05) is 207 Å². The molecule has 0 aromatic rings. The van der Waals surface area contributed by atoms with Gasteiger partial charge in [0.2, 0.25) is 0 Å². The number of phosphoric ester groups is 1. The van der Waals surface area contributed by atoms with E-state index in [1.165, 1.54) is 57.8 Å². The van der Waals surface area contributed by atoms with Crippen molar-refractivity contribution in [2.45, 2.75) is 213 Å². The van der Waals surface area contributed by atoms with Gasteiger partial charge in [-0.25, -0.2) is 4.57 Å². The highest BCUT2D eigenvalue weighted by Crippen LogP contribution is 2.43. The van der Waals surface area contributed by atoms with Gasteiger partial charge in [-0.15, -0.1) is 0 Å². The third-order valence-corrected chi connectivity index (χ3v) is 11.7. The van der Waals surface area contributed by atoms with E-state index in [0.29, 0.717) is 25.7 Å². The lowest BCUT2D eigenvalue weighted by atomic mass is 10.0. The van der Waals surface area contributed by atoms with Gasteiger partial charge in [0.25, 0.3) is 0 Å². The van der Waals surface area contributed by atoms with Crippen LogP contribution in [-0.2, 0) is 42.2 Å². The fourth-order valence-corrected chi connectivity index (χ4v) is 7.48. The Morgan fingerprint density at radius 2 is 0.771 bits per heavy atom. The lowest BCUT2D eigenvalue weighted by Gasteiger charge is -2.21. The summed E-state index contributed by atoms with van der Waals surface area (Å²) in [6, 6.07) is 0. The van der Waals surface area contributed by atoms with Crippen molar-refractivity contribution in [3.05, 3.63) is 109 Å². The Morgan fingerprint density at radius 3 is 1.20 bits per heavy atom. The van der Waals surface area contributed by atoms with Gasteiger partial charge in [0, 0.05) is 19.3 Å². The summed E-state index contributed by atoms with van der Waals surface area (Å²) in [7, 11) is -4.78. The fourth-order valence-electron chi connectivity index (χ4n) is 6.70. The summed E-state index contributed by atoms with van der Waals surface area (Å²) in [5, 5.41) is 9.78. The molecule has 0 spiro atoms. The van der Waals surface area contributed by atoms with Crippen LogP contribution in [-0.4, -0.2) is 66.5 Å². The smallest absolute Gasteiger partial charge is 0.462 e. The van der Waals surface area contributed by atoms with Crippen LogP contribution in [0.2, 0.25) is 0 Å². The molecular weight excluding hydrogens is 904 g/mol. The summed E-state index contributed by atoms with van der Waals surface area (Å²) in [5.74, 6) is -1.64. The highest BCUT2D eigenvalue weighted by molar-refractivity contribution is 7.47. The van der Waals surface area contributed by atoms with Crippen molar-refractivity contribution in [2.75, 3.05) is 26.4 Å². The number of esters is 3. The van der Waals surface area contributed by atoms with Crippen molar-refractivity contribution in [1.82, 2.24) is 0 Å². The second-order valence-corrected chi connectivity index (χ2v) is 18.7. The molecule has 0 aromatic heterocycles. The summed E-state index contributed by atoms with van der Waals surface area (Å²) in [6.45, 7) is 4.24. The summed E-state index contributed by atoms with van der Waals surface area (Å²) in [4.78, 5) is 48.3. The Hall–Kier alpha value is -3.86. The molecule has 0 radical (unpaired) electrons. The molecule has 0 fully saturated rings. The number of carbonyl (C=O) groups is 3. The molecule has 0 aliphatic heterocycles. The molecule has 0 amide bonds. The van der Waals surface area contributed by atoms with Crippen molar-refractivity contribution in [1.29, 1.82) is 0 Å². The molecule has 12 heteroatoms. The molecule has 0 aliphatic rings. The van der Waals surface area contributed by atoms with Gasteiger partial charge in [-0.2, -0.15) is 0 Å². The van der Waals surface area contributed by atoms with Gasteiger partial charge >= 0.3 is 25.7 Å². The SMILES string of the molecule is CC/C=C\C/C=C\C/C=C\C/C=C\C/C=C\CCCC(=O)OC(COC(=O)CC/C=C\C/C=C\C/C=C\C/C=C\CC)COP(=O)(O)OCC(CO)OC(=O)CCCCCCCCCCCCCCC. The van der Waals surface area contributed by atoms with E-state index in [1.807, 2.05) is 24.3 Å². The highest BCUT2D eigenvalue weighted by atomic mass is 31.2. The molecule has 0 aliphatic carbocycles. The number of phosphoric acid groups is 1. The normalized spacial score (nSPS) is 14.3. The van der Waals surface area contributed by atoms with Crippen molar-refractivity contribution in [3.63, 3.8) is 0 Å². The van der Waals surface area contributed by atoms with Gasteiger partial charge in [0.1, 0.15) is 12.7 Å².